The molecule has 0 aliphatic heterocycles. The number of pyridine rings is 1. The number of aryl methyl sites for hydroxylation is 1. The number of rotatable bonds is 1. The zero-order valence-electron chi connectivity index (χ0n) is 10.5. The number of phenols is 1. The molecule has 2 aromatic carbocycles. The van der Waals surface area contributed by atoms with E-state index in [2.05, 4.69) is 4.98 Å². The lowest BCUT2D eigenvalue weighted by Gasteiger charge is -2.05. The van der Waals surface area contributed by atoms with E-state index >= 15 is 0 Å². The monoisotopic (exact) mass is 251 g/mol. The standard InChI is InChI=1S/C16H13NO2/c1-10-2-7-14-13(8-10)16(19)9-15(17-14)11-3-5-12(18)6-4-11/h2-9,18H,1H3,(H,17,19). The van der Waals surface area contributed by atoms with Crippen LogP contribution < -0.4 is 5.43 Å². The topological polar surface area (TPSA) is 53.1 Å². The molecular formula is C16H13NO2. The SMILES string of the molecule is Cc1ccc2[nH]c(-c3ccc(O)cc3)cc(=O)c2c1. The van der Waals surface area contributed by atoms with Crippen molar-refractivity contribution in [2.45, 2.75) is 6.92 Å². The van der Waals surface area contributed by atoms with Crippen molar-refractivity contribution in [2.75, 3.05) is 0 Å². The number of aromatic amines is 1. The summed E-state index contributed by atoms with van der Waals surface area (Å²) in [6.45, 7) is 1.97. The second-order valence-electron chi connectivity index (χ2n) is 4.64. The third-order valence-corrected chi connectivity index (χ3v) is 3.16. The first-order chi connectivity index (χ1) is 9.13. The van der Waals surface area contributed by atoms with Gasteiger partial charge in [0.1, 0.15) is 5.75 Å². The van der Waals surface area contributed by atoms with Gasteiger partial charge in [0.05, 0.1) is 0 Å². The van der Waals surface area contributed by atoms with E-state index in [1.807, 2.05) is 25.1 Å². The summed E-state index contributed by atoms with van der Waals surface area (Å²) in [6.07, 6.45) is 0. The predicted octanol–water partition coefficient (Wildman–Crippen LogP) is 3.21. The van der Waals surface area contributed by atoms with Crippen LogP contribution >= 0.6 is 0 Å². The van der Waals surface area contributed by atoms with Crippen molar-refractivity contribution in [1.82, 2.24) is 4.98 Å². The first kappa shape index (κ1) is 11.5. The van der Waals surface area contributed by atoms with Gasteiger partial charge in [0.2, 0.25) is 0 Å². The van der Waals surface area contributed by atoms with E-state index in [1.54, 1.807) is 30.3 Å². The van der Waals surface area contributed by atoms with Crippen molar-refractivity contribution in [2.24, 2.45) is 0 Å². The van der Waals surface area contributed by atoms with Crippen molar-refractivity contribution < 1.29 is 5.11 Å². The Morgan fingerprint density at radius 3 is 2.47 bits per heavy atom. The van der Waals surface area contributed by atoms with Crippen LogP contribution in [-0.2, 0) is 0 Å². The lowest BCUT2D eigenvalue weighted by molar-refractivity contribution is 0.475. The van der Waals surface area contributed by atoms with E-state index in [0.717, 1.165) is 22.3 Å². The number of H-pyrrole nitrogens is 1. The third-order valence-electron chi connectivity index (χ3n) is 3.16. The highest BCUT2D eigenvalue weighted by Crippen LogP contribution is 2.21. The summed E-state index contributed by atoms with van der Waals surface area (Å²) in [5, 5.41) is 9.99. The predicted molar refractivity (Wildman–Crippen MR) is 76.4 cm³/mol. The molecule has 0 saturated heterocycles. The van der Waals surface area contributed by atoms with E-state index in [1.165, 1.54) is 0 Å². The highest BCUT2D eigenvalue weighted by Gasteiger charge is 2.04. The van der Waals surface area contributed by atoms with Gasteiger partial charge in [-0.1, -0.05) is 11.6 Å². The Balaban J connectivity index is 2.24. The number of nitrogens with one attached hydrogen (secondary N) is 1. The van der Waals surface area contributed by atoms with Crippen LogP contribution in [0.3, 0.4) is 0 Å². The van der Waals surface area contributed by atoms with Crippen LogP contribution in [0.2, 0.25) is 0 Å². The zero-order chi connectivity index (χ0) is 13.4. The van der Waals surface area contributed by atoms with Gasteiger partial charge < -0.3 is 10.1 Å². The molecule has 3 aromatic rings. The summed E-state index contributed by atoms with van der Waals surface area (Å²) in [5.74, 6) is 0.211. The molecule has 2 N–H and O–H groups in total. The minimum Gasteiger partial charge on any atom is -0.508 e. The molecule has 0 bridgehead atoms. The number of aromatic nitrogens is 1. The van der Waals surface area contributed by atoms with E-state index in [9.17, 15) is 9.90 Å². The van der Waals surface area contributed by atoms with Crippen LogP contribution in [0.1, 0.15) is 5.56 Å². The second kappa shape index (κ2) is 4.28. The molecule has 0 amide bonds. The Kier molecular flexibility index (Phi) is 2.60. The Bertz CT molecular complexity index is 801. The highest BCUT2D eigenvalue weighted by atomic mass is 16.3. The molecule has 0 radical (unpaired) electrons. The average Bonchev–Trinajstić information content (AvgIpc) is 2.40. The van der Waals surface area contributed by atoms with Crippen molar-refractivity contribution >= 4 is 10.9 Å². The van der Waals surface area contributed by atoms with Crippen LogP contribution in [0.15, 0.2) is 53.3 Å². The largest absolute Gasteiger partial charge is 0.508 e. The fourth-order valence-corrected chi connectivity index (χ4v) is 2.16. The molecule has 0 aliphatic carbocycles. The van der Waals surface area contributed by atoms with E-state index in [0.29, 0.717) is 5.39 Å². The Morgan fingerprint density at radius 1 is 1.00 bits per heavy atom. The molecule has 0 unspecified atom stereocenters. The van der Waals surface area contributed by atoms with Gasteiger partial charge in [0, 0.05) is 22.7 Å². The maximum Gasteiger partial charge on any atom is 0.190 e. The summed E-state index contributed by atoms with van der Waals surface area (Å²) < 4.78 is 0. The molecule has 0 aliphatic rings. The molecule has 0 spiro atoms. The molecule has 94 valence electrons. The summed E-state index contributed by atoms with van der Waals surface area (Å²) in [6, 6.07) is 14.1. The Morgan fingerprint density at radius 2 is 1.74 bits per heavy atom. The Labute approximate surface area is 110 Å². The van der Waals surface area contributed by atoms with Gasteiger partial charge in [-0.3, -0.25) is 4.79 Å². The second-order valence-corrected chi connectivity index (χ2v) is 4.64. The molecule has 3 nitrogen and oxygen atoms in total. The van der Waals surface area contributed by atoms with Crippen LogP contribution in [0.4, 0.5) is 0 Å². The van der Waals surface area contributed by atoms with Crippen LogP contribution in [-0.4, -0.2) is 10.1 Å². The minimum absolute atomic E-state index is 0.000486. The van der Waals surface area contributed by atoms with Crippen LogP contribution in [0.5, 0.6) is 5.75 Å². The first-order valence-corrected chi connectivity index (χ1v) is 6.06. The van der Waals surface area contributed by atoms with Crippen molar-refractivity contribution in [1.29, 1.82) is 0 Å². The maximum atomic E-state index is 12.1. The average molecular weight is 251 g/mol. The van der Waals surface area contributed by atoms with Crippen molar-refractivity contribution in [3.63, 3.8) is 0 Å². The Hall–Kier alpha value is -2.55. The minimum atomic E-state index is 0.000486. The molecule has 0 atom stereocenters. The molecule has 19 heavy (non-hydrogen) atoms. The number of benzene rings is 2. The van der Waals surface area contributed by atoms with E-state index in [-0.39, 0.29) is 11.2 Å². The van der Waals surface area contributed by atoms with Gasteiger partial charge in [0.25, 0.3) is 0 Å². The molecular weight excluding hydrogens is 238 g/mol. The van der Waals surface area contributed by atoms with Gasteiger partial charge in [0.15, 0.2) is 5.43 Å². The normalized spacial score (nSPS) is 10.8. The molecule has 1 aromatic heterocycles. The lowest BCUT2D eigenvalue weighted by Crippen LogP contribution is -2.03. The first-order valence-electron chi connectivity index (χ1n) is 6.06. The lowest BCUT2D eigenvalue weighted by atomic mass is 10.1. The summed E-state index contributed by atoms with van der Waals surface area (Å²) in [4.78, 5) is 15.4. The molecule has 3 rings (SSSR count). The number of phenolic OH excluding ortho intramolecular Hbond substituents is 1. The van der Waals surface area contributed by atoms with Gasteiger partial charge >= 0.3 is 0 Å². The molecule has 3 heteroatoms. The van der Waals surface area contributed by atoms with Gasteiger partial charge in [-0.05, 0) is 48.9 Å². The number of fused-ring (bicyclic) bond motifs is 1. The van der Waals surface area contributed by atoms with Gasteiger partial charge in [-0.15, -0.1) is 0 Å². The highest BCUT2D eigenvalue weighted by molar-refractivity contribution is 5.82. The molecule has 1 heterocycles. The van der Waals surface area contributed by atoms with E-state index in [4.69, 9.17) is 0 Å². The fraction of sp³-hybridized carbons (Fsp3) is 0.0625. The smallest absolute Gasteiger partial charge is 0.190 e. The van der Waals surface area contributed by atoms with Crippen LogP contribution in [0, 0.1) is 6.92 Å². The van der Waals surface area contributed by atoms with Gasteiger partial charge in [-0.25, -0.2) is 0 Å². The maximum absolute atomic E-state index is 12.1. The van der Waals surface area contributed by atoms with Crippen LogP contribution in [0.25, 0.3) is 22.2 Å². The molecule has 0 fully saturated rings. The third kappa shape index (κ3) is 2.10. The summed E-state index contributed by atoms with van der Waals surface area (Å²) in [7, 11) is 0. The van der Waals surface area contributed by atoms with Crippen molar-refractivity contribution in [3.8, 4) is 17.0 Å². The van der Waals surface area contributed by atoms with Gasteiger partial charge in [-0.2, -0.15) is 0 Å². The zero-order valence-corrected chi connectivity index (χ0v) is 10.5. The number of aromatic hydroxyl groups is 1. The summed E-state index contributed by atoms with van der Waals surface area (Å²) >= 11 is 0. The quantitative estimate of drug-likeness (QED) is 0.697. The fourth-order valence-electron chi connectivity index (χ4n) is 2.16. The number of hydrogen-bond acceptors (Lipinski definition) is 2. The van der Waals surface area contributed by atoms with E-state index < -0.39 is 0 Å². The molecule has 0 saturated carbocycles. The number of hydrogen-bond donors (Lipinski definition) is 2. The summed E-state index contributed by atoms with van der Waals surface area (Å²) in [5.41, 5.74) is 3.51. The van der Waals surface area contributed by atoms with Crippen molar-refractivity contribution in [3.05, 3.63) is 64.3 Å².